The molecule has 0 aliphatic carbocycles. The van der Waals surface area contributed by atoms with Gasteiger partial charge in [0, 0.05) is 31.3 Å². The molecule has 0 saturated carbocycles. The second-order valence-electron chi connectivity index (χ2n) is 4.91. The Bertz CT molecular complexity index is 431. The van der Waals surface area contributed by atoms with Crippen LogP contribution in [0.5, 0.6) is 0 Å². The maximum Gasteiger partial charge on any atom is 0.227 e. The molecule has 0 radical (unpaired) electrons. The summed E-state index contributed by atoms with van der Waals surface area (Å²) in [6, 6.07) is 7.44. The lowest BCUT2D eigenvalue weighted by Crippen LogP contribution is -2.48. The number of halogens is 2. The van der Waals surface area contributed by atoms with E-state index in [0.29, 0.717) is 44.2 Å². The smallest absolute Gasteiger partial charge is 0.227 e. The first-order valence-electron chi connectivity index (χ1n) is 6.47. The third-order valence-corrected chi connectivity index (χ3v) is 3.94. The van der Waals surface area contributed by atoms with E-state index in [2.05, 4.69) is 5.32 Å². The minimum absolute atomic E-state index is 0. The molecule has 0 unspecified atom stereocenters. The van der Waals surface area contributed by atoms with E-state index in [0.717, 1.165) is 5.56 Å². The van der Waals surface area contributed by atoms with Crippen LogP contribution in [0.25, 0.3) is 0 Å². The summed E-state index contributed by atoms with van der Waals surface area (Å²) in [4.78, 5) is 12.3. The van der Waals surface area contributed by atoms with Crippen molar-refractivity contribution >= 4 is 29.9 Å². The number of hydrogen-bond acceptors (Lipinski definition) is 3. The molecule has 2 rings (SSSR count). The molecule has 1 heterocycles. The Morgan fingerprint density at radius 2 is 1.90 bits per heavy atom. The highest BCUT2D eigenvalue weighted by atomic mass is 35.5. The van der Waals surface area contributed by atoms with E-state index in [1.165, 1.54) is 0 Å². The highest BCUT2D eigenvalue weighted by Gasteiger charge is 2.38. The Labute approximate surface area is 130 Å². The van der Waals surface area contributed by atoms with Crippen LogP contribution in [0, 0.1) is 5.41 Å². The van der Waals surface area contributed by atoms with Crippen LogP contribution in [0.4, 0.5) is 0 Å². The van der Waals surface area contributed by atoms with Crippen LogP contribution in [0.2, 0.25) is 5.02 Å². The molecule has 112 valence electrons. The van der Waals surface area contributed by atoms with Gasteiger partial charge in [-0.2, -0.15) is 0 Å². The zero-order valence-electron chi connectivity index (χ0n) is 11.2. The van der Waals surface area contributed by atoms with E-state index in [-0.39, 0.29) is 18.3 Å². The summed E-state index contributed by atoms with van der Waals surface area (Å²) >= 11 is 5.82. The van der Waals surface area contributed by atoms with Crippen LogP contribution in [0.1, 0.15) is 18.4 Å². The van der Waals surface area contributed by atoms with Gasteiger partial charge in [-0.1, -0.05) is 23.7 Å². The SMILES string of the molecule is Cl.NCC1(C(=O)NCc2ccc(Cl)cc2)CCOCC1. The molecular formula is C14H20Cl2N2O2. The molecule has 1 fully saturated rings. The first-order chi connectivity index (χ1) is 9.16. The Morgan fingerprint density at radius 3 is 2.45 bits per heavy atom. The van der Waals surface area contributed by atoms with E-state index in [9.17, 15) is 4.79 Å². The number of hydrogen-bond donors (Lipinski definition) is 2. The van der Waals surface area contributed by atoms with Crippen LogP contribution in [-0.2, 0) is 16.1 Å². The Morgan fingerprint density at radius 1 is 1.30 bits per heavy atom. The first-order valence-corrected chi connectivity index (χ1v) is 6.85. The molecule has 0 bridgehead atoms. The van der Waals surface area contributed by atoms with Crippen LogP contribution in [0.3, 0.4) is 0 Å². The van der Waals surface area contributed by atoms with Crippen LogP contribution >= 0.6 is 24.0 Å². The average molecular weight is 319 g/mol. The Kier molecular flexibility index (Phi) is 6.76. The van der Waals surface area contributed by atoms with Crippen molar-refractivity contribution in [3.8, 4) is 0 Å². The molecule has 0 aromatic heterocycles. The second kappa shape index (κ2) is 7.84. The lowest BCUT2D eigenvalue weighted by atomic mass is 9.79. The lowest BCUT2D eigenvalue weighted by Gasteiger charge is -2.34. The van der Waals surface area contributed by atoms with Crippen molar-refractivity contribution < 1.29 is 9.53 Å². The van der Waals surface area contributed by atoms with Gasteiger partial charge in [0.25, 0.3) is 0 Å². The molecule has 20 heavy (non-hydrogen) atoms. The van der Waals surface area contributed by atoms with E-state index in [1.807, 2.05) is 24.3 Å². The largest absolute Gasteiger partial charge is 0.381 e. The zero-order valence-corrected chi connectivity index (χ0v) is 12.8. The molecule has 0 atom stereocenters. The monoisotopic (exact) mass is 318 g/mol. The van der Waals surface area contributed by atoms with Crippen molar-refractivity contribution in [3.05, 3.63) is 34.9 Å². The van der Waals surface area contributed by atoms with E-state index >= 15 is 0 Å². The van der Waals surface area contributed by atoms with Gasteiger partial charge >= 0.3 is 0 Å². The summed E-state index contributed by atoms with van der Waals surface area (Å²) in [5.74, 6) is 0.0215. The van der Waals surface area contributed by atoms with E-state index in [4.69, 9.17) is 22.1 Å². The predicted octanol–water partition coefficient (Wildman–Crippen LogP) is 2.13. The van der Waals surface area contributed by atoms with Crippen molar-refractivity contribution in [2.45, 2.75) is 19.4 Å². The van der Waals surface area contributed by atoms with E-state index in [1.54, 1.807) is 0 Å². The number of nitrogens with two attached hydrogens (primary N) is 1. The molecule has 4 nitrogen and oxygen atoms in total. The van der Waals surface area contributed by atoms with Gasteiger partial charge in [-0.25, -0.2) is 0 Å². The fourth-order valence-corrected chi connectivity index (χ4v) is 2.38. The van der Waals surface area contributed by atoms with Gasteiger partial charge in [0.05, 0.1) is 5.41 Å². The number of carbonyl (C=O) groups excluding carboxylic acids is 1. The number of ether oxygens (including phenoxy) is 1. The number of nitrogens with one attached hydrogen (secondary N) is 1. The van der Waals surface area contributed by atoms with Gasteiger partial charge < -0.3 is 15.8 Å². The maximum atomic E-state index is 12.3. The highest BCUT2D eigenvalue weighted by molar-refractivity contribution is 6.30. The summed E-state index contributed by atoms with van der Waals surface area (Å²) < 4.78 is 5.30. The molecule has 1 aromatic rings. The van der Waals surface area contributed by atoms with Crippen molar-refractivity contribution in [2.24, 2.45) is 11.1 Å². The fraction of sp³-hybridized carbons (Fsp3) is 0.500. The molecular weight excluding hydrogens is 299 g/mol. The molecule has 0 spiro atoms. The van der Waals surface area contributed by atoms with Crippen molar-refractivity contribution in [1.82, 2.24) is 5.32 Å². The van der Waals surface area contributed by atoms with Gasteiger partial charge in [-0.3, -0.25) is 4.79 Å². The molecule has 1 saturated heterocycles. The number of benzene rings is 1. The first kappa shape index (κ1) is 17.2. The van der Waals surface area contributed by atoms with Gasteiger partial charge in [0.1, 0.15) is 0 Å². The standard InChI is InChI=1S/C14H19ClN2O2.ClH/c15-12-3-1-11(2-4-12)9-17-13(18)14(10-16)5-7-19-8-6-14;/h1-4H,5-10,16H2,(H,17,18);1H. The molecule has 1 amide bonds. The number of rotatable bonds is 4. The van der Waals surface area contributed by atoms with Crippen molar-refractivity contribution in [1.29, 1.82) is 0 Å². The predicted molar refractivity (Wildman–Crippen MR) is 82.1 cm³/mol. The average Bonchev–Trinajstić information content (AvgIpc) is 2.47. The lowest BCUT2D eigenvalue weighted by molar-refractivity contribution is -0.136. The summed E-state index contributed by atoms with van der Waals surface area (Å²) in [6.07, 6.45) is 1.38. The summed E-state index contributed by atoms with van der Waals surface area (Å²) in [6.45, 7) is 2.07. The van der Waals surface area contributed by atoms with Crippen LogP contribution in [-0.4, -0.2) is 25.7 Å². The molecule has 6 heteroatoms. The summed E-state index contributed by atoms with van der Waals surface area (Å²) in [5, 5.41) is 3.65. The minimum Gasteiger partial charge on any atom is -0.381 e. The minimum atomic E-state index is -0.468. The Hall–Kier alpha value is -0.810. The summed E-state index contributed by atoms with van der Waals surface area (Å²) in [7, 11) is 0. The third kappa shape index (κ3) is 4.09. The molecule has 1 aliphatic rings. The Balaban J connectivity index is 0.00000200. The third-order valence-electron chi connectivity index (χ3n) is 3.69. The van der Waals surface area contributed by atoms with Gasteiger partial charge in [0.2, 0.25) is 5.91 Å². The normalized spacial score (nSPS) is 17.1. The van der Waals surface area contributed by atoms with Gasteiger partial charge in [-0.15, -0.1) is 12.4 Å². The quantitative estimate of drug-likeness (QED) is 0.894. The summed E-state index contributed by atoms with van der Waals surface area (Å²) in [5.41, 5.74) is 6.35. The fourth-order valence-electron chi connectivity index (χ4n) is 2.26. The second-order valence-corrected chi connectivity index (χ2v) is 5.34. The molecule has 1 aromatic carbocycles. The van der Waals surface area contributed by atoms with E-state index < -0.39 is 5.41 Å². The number of carbonyl (C=O) groups is 1. The van der Waals surface area contributed by atoms with Gasteiger partial charge in [-0.05, 0) is 30.5 Å². The van der Waals surface area contributed by atoms with Gasteiger partial charge in [0.15, 0.2) is 0 Å². The van der Waals surface area contributed by atoms with Crippen LogP contribution in [0.15, 0.2) is 24.3 Å². The number of amides is 1. The molecule has 1 aliphatic heterocycles. The zero-order chi connectivity index (χ0) is 13.7. The van der Waals surface area contributed by atoms with Crippen molar-refractivity contribution in [2.75, 3.05) is 19.8 Å². The maximum absolute atomic E-state index is 12.3. The highest BCUT2D eigenvalue weighted by Crippen LogP contribution is 2.29. The van der Waals surface area contributed by atoms with Crippen molar-refractivity contribution in [3.63, 3.8) is 0 Å². The van der Waals surface area contributed by atoms with Crippen LogP contribution < -0.4 is 11.1 Å². The topological polar surface area (TPSA) is 64.4 Å². The molecule has 3 N–H and O–H groups in total.